The van der Waals surface area contributed by atoms with Crippen LogP contribution >= 0.6 is 0 Å². The lowest BCUT2D eigenvalue weighted by Crippen LogP contribution is -2.41. The van der Waals surface area contributed by atoms with Crippen LogP contribution in [0.4, 0.5) is 11.5 Å². The van der Waals surface area contributed by atoms with Crippen LogP contribution in [0.15, 0.2) is 64.2 Å². The van der Waals surface area contributed by atoms with E-state index in [1.165, 1.54) is 9.47 Å². The number of aromatic amines is 1. The van der Waals surface area contributed by atoms with E-state index in [9.17, 15) is 14.4 Å². The predicted octanol–water partition coefficient (Wildman–Crippen LogP) is 3.32. The molecule has 1 unspecified atom stereocenters. The molecule has 190 valence electrons. The number of nitrogens with zero attached hydrogens (tertiary/aromatic N) is 2. The Bertz CT molecular complexity index is 1280. The molecule has 0 bridgehead atoms. The number of ether oxygens (including phenoxy) is 2. The van der Waals surface area contributed by atoms with Gasteiger partial charge in [0.15, 0.2) is 5.69 Å². The van der Waals surface area contributed by atoms with E-state index in [4.69, 9.17) is 15.2 Å². The molecular formula is C27H32N4O5. The number of hydrogen-bond donors (Lipinski definition) is 2. The molecule has 2 aromatic carbocycles. The quantitative estimate of drug-likeness (QED) is 0.448. The van der Waals surface area contributed by atoms with Gasteiger partial charge in [-0.3, -0.25) is 24.0 Å². The van der Waals surface area contributed by atoms with E-state index < -0.39 is 17.2 Å². The average molecular weight is 493 g/mol. The summed E-state index contributed by atoms with van der Waals surface area (Å²) in [5.74, 6) is 0.183. The second kappa shape index (κ2) is 11.7. The number of carbonyl (C=O) groups is 1. The fourth-order valence-electron chi connectivity index (χ4n) is 4.21. The molecule has 1 saturated heterocycles. The topological polar surface area (TPSA) is 120 Å². The van der Waals surface area contributed by atoms with E-state index in [1.54, 1.807) is 24.3 Å². The van der Waals surface area contributed by atoms with Gasteiger partial charge in [0, 0.05) is 18.7 Å². The van der Waals surface area contributed by atoms with Gasteiger partial charge in [-0.2, -0.15) is 0 Å². The van der Waals surface area contributed by atoms with Crippen LogP contribution in [0.25, 0.3) is 0 Å². The number of benzene rings is 2. The van der Waals surface area contributed by atoms with E-state index in [1.807, 2.05) is 37.3 Å². The van der Waals surface area contributed by atoms with Crippen molar-refractivity contribution in [3.8, 4) is 5.75 Å². The van der Waals surface area contributed by atoms with Gasteiger partial charge in [0.25, 0.3) is 11.5 Å². The highest BCUT2D eigenvalue weighted by Gasteiger charge is 2.26. The number of anilines is 2. The largest absolute Gasteiger partial charge is 0.491 e. The Kier molecular flexibility index (Phi) is 8.22. The van der Waals surface area contributed by atoms with Gasteiger partial charge in [-0.25, -0.2) is 4.79 Å². The predicted molar refractivity (Wildman–Crippen MR) is 139 cm³/mol. The van der Waals surface area contributed by atoms with E-state index in [0.29, 0.717) is 30.9 Å². The van der Waals surface area contributed by atoms with Gasteiger partial charge < -0.3 is 15.2 Å². The molecule has 9 heteroatoms. The summed E-state index contributed by atoms with van der Waals surface area (Å²) in [5, 5.41) is 0. The van der Waals surface area contributed by atoms with Gasteiger partial charge in [0.2, 0.25) is 0 Å². The zero-order chi connectivity index (χ0) is 25.5. The zero-order valence-electron chi connectivity index (χ0n) is 20.4. The van der Waals surface area contributed by atoms with Crippen molar-refractivity contribution in [3.63, 3.8) is 0 Å². The molecule has 0 spiro atoms. The smallest absolute Gasteiger partial charge is 0.330 e. The first-order valence-corrected chi connectivity index (χ1v) is 12.3. The summed E-state index contributed by atoms with van der Waals surface area (Å²) in [6.07, 6.45) is 3.64. The number of aromatic nitrogens is 2. The molecule has 3 aromatic rings. The highest BCUT2D eigenvalue weighted by Crippen LogP contribution is 2.24. The van der Waals surface area contributed by atoms with Crippen molar-refractivity contribution < 1.29 is 14.3 Å². The Labute approximate surface area is 209 Å². The second-order valence-corrected chi connectivity index (χ2v) is 8.85. The Morgan fingerprint density at radius 3 is 2.58 bits per heavy atom. The maximum Gasteiger partial charge on any atom is 0.330 e. The number of rotatable bonds is 10. The van der Waals surface area contributed by atoms with Gasteiger partial charge in [0.1, 0.15) is 18.2 Å². The normalized spacial score (nSPS) is 15.1. The minimum absolute atomic E-state index is 0.0296. The molecule has 0 radical (unpaired) electrons. The number of nitrogens with two attached hydrogens (primary N) is 1. The van der Waals surface area contributed by atoms with Crippen molar-refractivity contribution in [1.29, 1.82) is 0 Å². The maximum atomic E-state index is 13.7. The minimum Gasteiger partial charge on any atom is -0.491 e. The molecule has 0 aliphatic carbocycles. The summed E-state index contributed by atoms with van der Waals surface area (Å²) >= 11 is 0. The fraction of sp³-hybridized carbons (Fsp3) is 0.370. The number of hydrogen-bond acceptors (Lipinski definition) is 6. The Morgan fingerprint density at radius 2 is 1.92 bits per heavy atom. The number of carbonyl (C=O) groups excluding carboxylic acids is 1. The van der Waals surface area contributed by atoms with Crippen LogP contribution in [-0.4, -0.2) is 34.8 Å². The Balaban J connectivity index is 1.65. The van der Waals surface area contributed by atoms with Crippen molar-refractivity contribution in [2.75, 3.05) is 23.8 Å². The van der Waals surface area contributed by atoms with Gasteiger partial charge in [-0.15, -0.1) is 0 Å². The van der Waals surface area contributed by atoms with Gasteiger partial charge in [-0.05, 0) is 49.1 Å². The summed E-state index contributed by atoms with van der Waals surface area (Å²) in [5.41, 5.74) is 6.18. The van der Waals surface area contributed by atoms with E-state index in [0.717, 1.165) is 31.4 Å². The first-order valence-electron chi connectivity index (χ1n) is 12.3. The number of unbranched alkanes of at least 4 members (excludes halogenated alkanes) is 1. The molecular weight excluding hydrogens is 460 g/mol. The average Bonchev–Trinajstić information content (AvgIpc) is 3.41. The first kappa shape index (κ1) is 25.2. The van der Waals surface area contributed by atoms with E-state index >= 15 is 0 Å². The molecule has 1 amide bonds. The highest BCUT2D eigenvalue weighted by atomic mass is 16.5. The lowest BCUT2D eigenvalue weighted by molar-refractivity contribution is 0.0679. The third-order valence-corrected chi connectivity index (χ3v) is 6.21. The number of nitrogen functional groups attached to an aromatic ring is 1. The summed E-state index contributed by atoms with van der Waals surface area (Å²) in [6.45, 7) is 3.66. The van der Waals surface area contributed by atoms with Gasteiger partial charge in [-0.1, -0.05) is 43.7 Å². The van der Waals surface area contributed by atoms with Crippen molar-refractivity contribution in [3.05, 3.63) is 86.6 Å². The van der Waals surface area contributed by atoms with E-state index in [2.05, 4.69) is 4.98 Å². The number of nitrogens with one attached hydrogen (secondary N) is 1. The van der Waals surface area contributed by atoms with Crippen LogP contribution in [0.2, 0.25) is 0 Å². The molecule has 0 saturated carbocycles. The standard InChI is InChI=1S/C27H32N4O5/c1-2-3-15-30-24(28)23(25(32)29-27(30)34)31(17-19-8-5-4-6-9-19)26(33)20-11-13-21(14-12-20)36-18-22-10-7-16-35-22/h4-6,8-9,11-14,22H,2-3,7,10,15-18,28H2,1H3,(H,29,32,34). The second-order valence-electron chi connectivity index (χ2n) is 8.85. The lowest BCUT2D eigenvalue weighted by atomic mass is 10.1. The molecule has 1 aliphatic heterocycles. The van der Waals surface area contributed by atoms with Crippen molar-refractivity contribution in [2.45, 2.75) is 51.8 Å². The first-order chi connectivity index (χ1) is 17.5. The molecule has 2 heterocycles. The van der Waals surface area contributed by atoms with Crippen LogP contribution in [0.1, 0.15) is 48.5 Å². The maximum absolute atomic E-state index is 13.7. The SMILES string of the molecule is CCCCn1c(N)c(N(Cc2ccccc2)C(=O)c2ccc(OCC3CCCO3)cc2)c(=O)[nH]c1=O. The Morgan fingerprint density at radius 1 is 1.17 bits per heavy atom. The van der Waals surface area contributed by atoms with Crippen LogP contribution < -0.4 is 26.6 Å². The van der Waals surface area contributed by atoms with Crippen LogP contribution in [-0.2, 0) is 17.8 Å². The van der Waals surface area contributed by atoms with Crippen molar-refractivity contribution >= 4 is 17.4 Å². The van der Waals surface area contributed by atoms with Crippen LogP contribution in [0, 0.1) is 0 Å². The molecule has 1 fully saturated rings. The Hall–Kier alpha value is -3.85. The van der Waals surface area contributed by atoms with Crippen LogP contribution in [0.3, 0.4) is 0 Å². The third kappa shape index (κ3) is 5.85. The van der Waals surface area contributed by atoms with Gasteiger partial charge >= 0.3 is 5.69 Å². The van der Waals surface area contributed by atoms with E-state index in [-0.39, 0.29) is 24.2 Å². The zero-order valence-corrected chi connectivity index (χ0v) is 20.4. The number of amides is 1. The summed E-state index contributed by atoms with van der Waals surface area (Å²) in [6, 6.07) is 16.1. The molecule has 1 aromatic heterocycles. The molecule has 4 rings (SSSR count). The van der Waals surface area contributed by atoms with Gasteiger partial charge in [0.05, 0.1) is 12.6 Å². The monoisotopic (exact) mass is 492 g/mol. The molecule has 1 atom stereocenters. The van der Waals surface area contributed by atoms with Crippen LogP contribution in [0.5, 0.6) is 5.75 Å². The summed E-state index contributed by atoms with van der Waals surface area (Å²) in [7, 11) is 0. The number of H-pyrrole nitrogens is 1. The molecule has 9 nitrogen and oxygen atoms in total. The molecule has 36 heavy (non-hydrogen) atoms. The molecule has 1 aliphatic rings. The minimum atomic E-state index is -0.703. The highest BCUT2D eigenvalue weighted by molar-refractivity contribution is 6.07. The lowest BCUT2D eigenvalue weighted by Gasteiger charge is -2.25. The van der Waals surface area contributed by atoms with Crippen molar-refractivity contribution in [2.24, 2.45) is 0 Å². The molecule has 3 N–H and O–H groups in total. The summed E-state index contributed by atoms with van der Waals surface area (Å²) < 4.78 is 12.7. The third-order valence-electron chi connectivity index (χ3n) is 6.21. The van der Waals surface area contributed by atoms with Crippen molar-refractivity contribution in [1.82, 2.24) is 9.55 Å². The fourth-order valence-corrected chi connectivity index (χ4v) is 4.21. The summed E-state index contributed by atoms with van der Waals surface area (Å²) in [4.78, 5) is 42.7.